The van der Waals surface area contributed by atoms with Crippen LogP contribution in [0.15, 0.2) is 52.5 Å². The van der Waals surface area contributed by atoms with Crippen LogP contribution in [0.5, 0.6) is 0 Å². The molecule has 2 aromatic heterocycles. The van der Waals surface area contributed by atoms with E-state index >= 15 is 0 Å². The van der Waals surface area contributed by atoms with Crippen LogP contribution in [-0.2, 0) is 17.8 Å². The molecule has 118 valence electrons. The van der Waals surface area contributed by atoms with Gasteiger partial charge in [-0.1, -0.05) is 29.8 Å². The van der Waals surface area contributed by atoms with E-state index in [1.54, 1.807) is 18.2 Å². The predicted molar refractivity (Wildman–Crippen MR) is 91.4 cm³/mol. The van der Waals surface area contributed by atoms with Crippen LogP contribution >= 0.6 is 22.9 Å². The molecule has 23 heavy (non-hydrogen) atoms. The summed E-state index contributed by atoms with van der Waals surface area (Å²) in [6.07, 6.45) is 1.86. The lowest BCUT2D eigenvalue weighted by atomic mass is 10.2. The Morgan fingerprint density at radius 2 is 2.13 bits per heavy atom. The number of thiazole rings is 1. The molecular weight excluding hydrogens is 332 g/mol. The Hall–Kier alpha value is -2.11. The predicted octanol–water partition coefficient (Wildman–Crippen LogP) is 4.26. The highest BCUT2D eigenvalue weighted by atomic mass is 35.5. The number of amides is 1. The molecule has 0 spiro atoms. The van der Waals surface area contributed by atoms with Crippen LogP contribution in [0.3, 0.4) is 0 Å². The van der Waals surface area contributed by atoms with E-state index < -0.39 is 0 Å². The molecule has 4 nitrogen and oxygen atoms in total. The first-order chi connectivity index (χ1) is 11.1. The molecule has 0 saturated heterocycles. The molecule has 0 aliphatic carbocycles. The highest BCUT2D eigenvalue weighted by Gasteiger charge is 2.14. The lowest BCUT2D eigenvalue weighted by molar-refractivity contribution is -0.129. The zero-order chi connectivity index (χ0) is 16.2. The molecule has 0 saturated carbocycles. The van der Waals surface area contributed by atoms with Gasteiger partial charge in [0, 0.05) is 18.0 Å². The van der Waals surface area contributed by atoms with Gasteiger partial charge in [-0.3, -0.25) is 4.79 Å². The summed E-state index contributed by atoms with van der Waals surface area (Å²) in [4.78, 5) is 18.4. The van der Waals surface area contributed by atoms with Gasteiger partial charge in [-0.15, -0.1) is 11.3 Å². The lowest BCUT2D eigenvalue weighted by Crippen LogP contribution is -2.27. The van der Waals surface area contributed by atoms with Crippen LogP contribution in [0, 0.1) is 0 Å². The quantitative estimate of drug-likeness (QED) is 0.693. The third kappa shape index (κ3) is 3.81. The molecule has 3 aromatic rings. The average molecular weight is 347 g/mol. The van der Waals surface area contributed by atoms with E-state index in [-0.39, 0.29) is 12.3 Å². The van der Waals surface area contributed by atoms with E-state index in [1.165, 1.54) is 11.3 Å². The van der Waals surface area contributed by atoms with E-state index in [0.717, 1.165) is 22.0 Å². The molecule has 0 N–H and O–H groups in total. The minimum Gasteiger partial charge on any atom is -0.467 e. The van der Waals surface area contributed by atoms with E-state index in [2.05, 4.69) is 4.98 Å². The van der Waals surface area contributed by atoms with E-state index in [0.29, 0.717) is 11.6 Å². The SMILES string of the molecule is CN(Cc1ccco1)C(=O)Cc1csc(-c2ccccc2Cl)n1. The minimum atomic E-state index is -0.00240. The number of rotatable bonds is 5. The van der Waals surface area contributed by atoms with E-state index in [4.69, 9.17) is 16.0 Å². The van der Waals surface area contributed by atoms with Crippen molar-refractivity contribution in [3.63, 3.8) is 0 Å². The fourth-order valence-electron chi connectivity index (χ4n) is 2.16. The zero-order valence-electron chi connectivity index (χ0n) is 12.5. The number of aromatic nitrogens is 1. The Labute approximate surface area is 143 Å². The fourth-order valence-corrected chi connectivity index (χ4v) is 3.30. The number of carbonyl (C=O) groups excluding carboxylic acids is 1. The maximum absolute atomic E-state index is 12.3. The fraction of sp³-hybridized carbons (Fsp3) is 0.176. The minimum absolute atomic E-state index is 0.00240. The topological polar surface area (TPSA) is 46.3 Å². The van der Waals surface area contributed by atoms with Crippen molar-refractivity contribution in [2.75, 3.05) is 7.05 Å². The molecular formula is C17H15ClN2O2S. The van der Waals surface area contributed by atoms with Gasteiger partial charge in [-0.05, 0) is 18.2 Å². The van der Waals surface area contributed by atoms with Crippen molar-refractivity contribution in [3.05, 3.63) is 64.5 Å². The van der Waals surface area contributed by atoms with Crippen LogP contribution in [0.4, 0.5) is 0 Å². The molecule has 0 unspecified atom stereocenters. The second-order valence-corrected chi connectivity index (χ2v) is 6.40. The van der Waals surface area contributed by atoms with E-state index in [1.807, 2.05) is 41.8 Å². The number of halogens is 1. The Kier molecular flexibility index (Phi) is 4.79. The maximum Gasteiger partial charge on any atom is 0.228 e. The monoisotopic (exact) mass is 346 g/mol. The summed E-state index contributed by atoms with van der Waals surface area (Å²) >= 11 is 7.68. The third-order valence-electron chi connectivity index (χ3n) is 3.39. The molecule has 0 atom stereocenters. The van der Waals surface area contributed by atoms with Crippen molar-refractivity contribution in [2.45, 2.75) is 13.0 Å². The average Bonchev–Trinajstić information content (AvgIpc) is 3.19. The number of likely N-dealkylation sites (N-methyl/N-ethyl adjacent to an activating group) is 1. The van der Waals surface area contributed by atoms with Crippen LogP contribution in [0.25, 0.3) is 10.6 Å². The van der Waals surface area contributed by atoms with Gasteiger partial charge in [-0.25, -0.2) is 4.98 Å². The van der Waals surface area contributed by atoms with E-state index in [9.17, 15) is 4.79 Å². The molecule has 0 aliphatic heterocycles. The molecule has 0 fully saturated rings. The highest BCUT2D eigenvalue weighted by molar-refractivity contribution is 7.13. The smallest absolute Gasteiger partial charge is 0.228 e. The number of carbonyl (C=O) groups is 1. The van der Waals surface area contributed by atoms with Gasteiger partial charge in [-0.2, -0.15) is 0 Å². The summed E-state index contributed by atoms with van der Waals surface area (Å²) in [5.74, 6) is 0.758. The van der Waals surface area contributed by atoms with Gasteiger partial charge < -0.3 is 9.32 Å². The van der Waals surface area contributed by atoms with Gasteiger partial charge in [0.05, 0.1) is 29.9 Å². The molecule has 1 aromatic carbocycles. The number of nitrogens with zero attached hydrogens (tertiary/aromatic N) is 2. The number of hydrogen-bond donors (Lipinski definition) is 0. The van der Waals surface area contributed by atoms with Gasteiger partial charge >= 0.3 is 0 Å². The molecule has 6 heteroatoms. The van der Waals surface area contributed by atoms with Crippen molar-refractivity contribution < 1.29 is 9.21 Å². The Balaban J connectivity index is 1.67. The summed E-state index contributed by atoms with van der Waals surface area (Å²) in [6.45, 7) is 0.452. The van der Waals surface area contributed by atoms with Gasteiger partial charge in [0.1, 0.15) is 10.8 Å². The van der Waals surface area contributed by atoms with Crippen LogP contribution in [-0.4, -0.2) is 22.8 Å². The first-order valence-electron chi connectivity index (χ1n) is 7.09. The normalized spacial score (nSPS) is 10.7. The van der Waals surface area contributed by atoms with Crippen LogP contribution in [0.1, 0.15) is 11.5 Å². The van der Waals surface area contributed by atoms with Gasteiger partial charge in [0.15, 0.2) is 0 Å². The Bertz CT molecular complexity index is 799. The lowest BCUT2D eigenvalue weighted by Gasteiger charge is -2.14. The van der Waals surface area contributed by atoms with Gasteiger partial charge in [0.2, 0.25) is 5.91 Å². The molecule has 3 rings (SSSR count). The zero-order valence-corrected chi connectivity index (χ0v) is 14.1. The summed E-state index contributed by atoms with van der Waals surface area (Å²) in [5, 5.41) is 3.39. The molecule has 0 aliphatic rings. The second kappa shape index (κ2) is 6.98. The third-order valence-corrected chi connectivity index (χ3v) is 4.64. The van der Waals surface area contributed by atoms with Gasteiger partial charge in [0.25, 0.3) is 0 Å². The molecule has 0 bridgehead atoms. The van der Waals surface area contributed by atoms with Crippen LogP contribution < -0.4 is 0 Å². The van der Waals surface area contributed by atoms with Crippen molar-refractivity contribution >= 4 is 28.8 Å². The number of hydrogen-bond acceptors (Lipinski definition) is 4. The summed E-state index contributed by atoms with van der Waals surface area (Å²) in [5.41, 5.74) is 1.64. The first-order valence-corrected chi connectivity index (χ1v) is 8.35. The highest BCUT2D eigenvalue weighted by Crippen LogP contribution is 2.30. The van der Waals surface area contributed by atoms with Crippen molar-refractivity contribution in [1.29, 1.82) is 0 Å². The Morgan fingerprint density at radius 3 is 2.87 bits per heavy atom. The van der Waals surface area contributed by atoms with Crippen molar-refractivity contribution in [1.82, 2.24) is 9.88 Å². The second-order valence-electron chi connectivity index (χ2n) is 5.13. The molecule has 1 amide bonds. The molecule has 2 heterocycles. The maximum atomic E-state index is 12.3. The summed E-state index contributed by atoms with van der Waals surface area (Å²) < 4.78 is 5.26. The largest absolute Gasteiger partial charge is 0.467 e. The Morgan fingerprint density at radius 1 is 1.30 bits per heavy atom. The van der Waals surface area contributed by atoms with Crippen molar-refractivity contribution in [3.8, 4) is 10.6 Å². The van der Waals surface area contributed by atoms with Crippen molar-refractivity contribution in [2.24, 2.45) is 0 Å². The molecule has 0 radical (unpaired) electrons. The summed E-state index contributed by atoms with van der Waals surface area (Å²) in [6, 6.07) is 11.2. The standard InChI is InChI=1S/C17H15ClN2O2S/c1-20(10-13-5-4-8-22-13)16(21)9-12-11-23-17(19-12)14-6-2-3-7-15(14)18/h2-8,11H,9-10H2,1H3. The summed E-state index contributed by atoms with van der Waals surface area (Å²) in [7, 11) is 1.76. The van der Waals surface area contributed by atoms with Crippen LogP contribution in [0.2, 0.25) is 5.02 Å². The number of furan rings is 1. The number of benzene rings is 1. The first kappa shape index (κ1) is 15.8.